The molecular weight excluding hydrogens is 148 g/mol. The van der Waals surface area contributed by atoms with Crippen molar-refractivity contribution in [2.24, 2.45) is 4.99 Å². The summed E-state index contributed by atoms with van der Waals surface area (Å²) in [5.41, 5.74) is 0. The summed E-state index contributed by atoms with van der Waals surface area (Å²) in [6, 6.07) is 0. The third kappa shape index (κ3) is 3.61. The lowest BCUT2D eigenvalue weighted by Gasteiger charge is -2.15. The smallest absolute Gasteiger partial charge is 0.123 e. The molecule has 0 aromatic rings. The van der Waals surface area contributed by atoms with Crippen LogP contribution in [0.15, 0.2) is 4.99 Å². The second-order valence-electron chi connectivity index (χ2n) is 2.89. The molecule has 60 valence electrons. The minimum absolute atomic E-state index is 0.221. The van der Waals surface area contributed by atoms with E-state index >= 15 is 0 Å². The Hall–Kier alpha value is -0.380. The van der Waals surface area contributed by atoms with E-state index in [9.17, 15) is 4.21 Å². The molecule has 0 saturated heterocycles. The maximum Gasteiger partial charge on any atom is 0.123 e. The number of hydrogen-bond donors (Lipinski definition) is 1. The summed E-state index contributed by atoms with van der Waals surface area (Å²) in [4.78, 5) is 3.66. The first-order chi connectivity index (χ1) is 4.48. The van der Waals surface area contributed by atoms with Crippen molar-refractivity contribution in [2.75, 3.05) is 7.05 Å². The topological polar surface area (TPSA) is 41.5 Å². The molecule has 0 unspecified atom stereocenters. The molecule has 10 heavy (non-hydrogen) atoms. The van der Waals surface area contributed by atoms with E-state index in [4.69, 9.17) is 0 Å². The Morgan fingerprint density at radius 3 is 2.30 bits per heavy atom. The van der Waals surface area contributed by atoms with Gasteiger partial charge in [-0.2, -0.15) is 0 Å². The Balaban J connectivity index is 3.86. The highest BCUT2D eigenvalue weighted by atomic mass is 32.2. The van der Waals surface area contributed by atoms with Crippen LogP contribution < -0.4 is 4.72 Å². The van der Waals surface area contributed by atoms with Crippen molar-refractivity contribution in [1.29, 1.82) is 0 Å². The van der Waals surface area contributed by atoms with E-state index in [1.807, 2.05) is 20.8 Å². The van der Waals surface area contributed by atoms with Crippen molar-refractivity contribution in [1.82, 2.24) is 4.72 Å². The zero-order valence-corrected chi connectivity index (χ0v) is 7.66. The molecule has 0 fully saturated rings. The van der Waals surface area contributed by atoms with E-state index in [1.165, 1.54) is 6.34 Å². The molecule has 0 saturated carbocycles. The fourth-order valence-electron chi connectivity index (χ4n) is 0.277. The lowest BCUT2D eigenvalue weighted by Crippen LogP contribution is -2.32. The molecule has 0 heterocycles. The molecule has 0 aliphatic rings. The van der Waals surface area contributed by atoms with Crippen molar-refractivity contribution < 1.29 is 4.21 Å². The van der Waals surface area contributed by atoms with Gasteiger partial charge in [-0.15, -0.1) is 0 Å². The normalized spacial score (nSPS) is 15.6. The van der Waals surface area contributed by atoms with Crippen LogP contribution in [0, 0.1) is 0 Å². The first kappa shape index (κ1) is 9.62. The van der Waals surface area contributed by atoms with Crippen LogP contribution in [0.4, 0.5) is 0 Å². The van der Waals surface area contributed by atoms with Gasteiger partial charge in [0.15, 0.2) is 0 Å². The lowest BCUT2D eigenvalue weighted by molar-refractivity contribution is 0.646. The zero-order chi connectivity index (χ0) is 8.20. The van der Waals surface area contributed by atoms with Crippen LogP contribution in [-0.4, -0.2) is 22.3 Å². The van der Waals surface area contributed by atoms with E-state index in [-0.39, 0.29) is 4.75 Å². The molecule has 1 N–H and O–H groups in total. The number of nitrogens with one attached hydrogen (secondary N) is 1. The summed E-state index contributed by atoms with van der Waals surface area (Å²) in [6.45, 7) is 5.71. The van der Waals surface area contributed by atoms with Gasteiger partial charge < -0.3 is 0 Å². The molecule has 0 spiro atoms. The van der Waals surface area contributed by atoms with E-state index in [0.29, 0.717) is 0 Å². The first-order valence-corrected chi connectivity index (χ1v) is 4.22. The summed E-state index contributed by atoms with van der Waals surface area (Å²) >= 11 is 0. The van der Waals surface area contributed by atoms with Gasteiger partial charge >= 0.3 is 0 Å². The van der Waals surface area contributed by atoms with E-state index in [1.54, 1.807) is 7.05 Å². The largest absolute Gasteiger partial charge is 0.295 e. The summed E-state index contributed by atoms with van der Waals surface area (Å²) < 4.78 is 13.6. The van der Waals surface area contributed by atoms with Crippen molar-refractivity contribution in [3.05, 3.63) is 0 Å². The molecule has 0 aliphatic heterocycles. The Bertz CT molecular complexity index is 148. The Labute approximate surface area is 64.5 Å². The van der Waals surface area contributed by atoms with E-state index in [2.05, 4.69) is 9.71 Å². The maximum absolute atomic E-state index is 11.1. The summed E-state index contributed by atoms with van der Waals surface area (Å²) in [6.07, 6.45) is 1.45. The second-order valence-corrected chi connectivity index (χ2v) is 4.88. The van der Waals surface area contributed by atoms with Gasteiger partial charge in [-0.25, -0.2) is 4.21 Å². The van der Waals surface area contributed by atoms with Crippen LogP contribution in [0.1, 0.15) is 20.8 Å². The van der Waals surface area contributed by atoms with Crippen LogP contribution in [-0.2, 0) is 11.0 Å². The van der Waals surface area contributed by atoms with Gasteiger partial charge in [0.1, 0.15) is 11.0 Å². The van der Waals surface area contributed by atoms with Gasteiger partial charge in [0.2, 0.25) is 0 Å². The molecule has 0 rings (SSSR count). The van der Waals surface area contributed by atoms with Gasteiger partial charge in [-0.1, -0.05) is 0 Å². The summed E-state index contributed by atoms with van der Waals surface area (Å²) in [7, 11) is 0.595. The van der Waals surface area contributed by atoms with Crippen molar-refractivity contribution in [3.8, 4) is 0 Å². The number of nitrogens with zero attached hydrogens (tertiary/aromatic N) is 1. The maximum atomic E-state index is 11.1. The van der Waals surface area contributed by atoms with Gasteiger partial charge in [-0.3, -0.25) is 9.71 Å². The second kappa shape index (κ2) is 3.71. The molecule has 0 aromatic heterocycles. The molecule has 1 atom stereocenters. The first-order valence-electron chi connectivity index (χ1n) is 3.07. The fourth-order valence-corrected chi connectivity index (χ4v) is 0.832. The highest BCUT2D eigenvalue weighted by molar-refractivity contribution is 7.84. The van der Waals surface area contributed by atoms with Crippen molar-refractivity contribution >= 4 is 17.3 Å². The highest BCUT2D eigenvalue weighted by Gasteiger charge is 2.17. The third-order valence-electron chi connectivity index (χ3n) is 0.845. The molecule has 0 aromatic carbocycles. The van der Waals surface area contributed by atoms with Crippen LogP contribution in [0.3, 0.4) is 0 Å². The predicted octanol–water partition coefficient (Wildman–Crippen LogP) is 0.696. The zero-order valence-electron chi connectivity index (χ0n) is 6.84. The number of rotatable bonds is 2. The number of aliphatic imine (C=N–C) groups is 1. The van der Waals surface area contributed by atoms with Crippen LogP contribution in [0.2, 0.25) is 0 Å². The SMILES string of the molecule is CN=CN[S@](=O)C(C)(C)C. The van der Waals surface area contributed by atoms with Crippen LogP contribution in [0.25, 0.3) is 0 Å². The van der Waals surface area contributed by atoms with Gasteiger partial charge in [0.25, 0.3) is 0 Å². The standard InChI is InChI=1S/C6H14N2OS/c1-6(2,3)10(9)8-5-7-4/h5H,1-4H3,(H,7,8)/t10-/m1/s1. The van der Waals surface area contributed by atoms with E-state index < -0.39 is 11.0 Å². The van der Waals surface area contributed by atoms with Crippen LogP contribution >= 0.6 is 0 Å². The Morgan fingerprint density at radius 1 is 1.50 bits per heavy atom. The summed E-state index contributed by atoms with van der Waals surface area (Å²) in [5, 5.41) is 0. The molecule has 3 nitrogen and oxygen atoms in total. The predicted molar refractivity (Wildman–Crippen MR) is 45.4 cm³/mol. The van der Waals surface area contributed by atoms with Crippen LogP contribution in [0.5, 0.6) is 0 Å². The van der Waals surface area contributed by atoms with Crippen molar-refractivity contribution in [2.45, 2.75) is 25.5 Å². The van der Waals surface area contributed by atoms with E-state index in [0.717, 1.165) is 0 Å². The monoisotopic (exact) mass is 162 g/mol. The lowest BCUT2D eigenvalue weighted by atomic mass is 10.3. The summed E-state index contributed by atoms with van der Waals surface area (Å²) in [5.74, 6) is 0. The average Bonchev–Trinajstić information content (AvgIpc) is 1.80. The number of hydrogen-bond acceptors (Lipinski definition) is 2. The van der Waals surface area contributed by atoms with Gasteiger partial charge in [0, 0.05) is 7.05 Å². The Morgan fingerprint density at radius 2 is 2.00 bits per heavy atom. The van der Waals surface area contributed by atoms with Gasteiger partial charge in [0.05, 0.1) is 11.1 Å². The molecule has 0 aliphatic carbocycles. The quantitative estimate of drug-likeness (QED) is 0.471. The molecule has 4 heteroatoms. The molecular formula is C6H14N2OS. The molecule has 0 bridgehead atoms. The Kier molecular flexibility index (Phi) is 3.57. The third-order valence-corrected chi connectivity index (χ3v) is 2.28. The average molecular weight is 162 g/mol. The fraction of sp³-hybridized carbons (Fsp3) is 0.833. The van der Waals surface area contributed by atoms with Crippen molar-refractivity contribution in [3.63, 3.8) is 0 Å². The highest BCUT2D eigenvalue weighted by Crippen LogP contribution is 2.07. The minimum atomic E-state index is -1.04. The molecule has 0 amide bonds. The minimum Gasteiger partial charge on any atom is -0.295 e. The van der Waals surface area contributed by atoms with Gasteiger partial charge in [-0.05, 0) is 20.8 Å². The molecule has 0 radical (unpaired) electrons.